The number of aryl methyl sites for hydroxylation is 2. The van der Waals surface area contributed by atoms with E-state index in [-0.39, 0.29) is 6.67 Å². The number of rotatable bonds is 4. The van der Waals surface area contributed by atoms with Crippen LogP contribution in [0, 0.1) is 6.92 Å². The van der Waals surface area contributed by atoms with Gasteiger partial charge in [-0.1, -0.05) is 6.07 Å². The number of hydrogen-bond donors (Lipinski definition) is 1. The van der Waals surface area contributed by atoms with Crippen LogP contribution in [0.5, 0.6) is 0 Å². The van der Waals surface area contributed by atoms with Gasteiger partial charge in [-0.05, 0) is 41.5 Å². The second-order valence-electron chi connectivity index (χ2n) is 3.84. The first-order valence-electron chi connectivity index (χ1n) is 5.41. The highest BCUT2D eigenvalue weighted by atomic mass is 19.1. The topological polar surface area (TPSA) is 69.6 Å². The molecule has 17 heavy (non-hydrogen) atoms. The second kappa shape index (κ2) is 4.90. The van der Waals surface area contributed by atoms with Crippen LogP contribution >= 0.6 is 0 Å². The van der Waals surface area contributed by atoms with Crippen molar-refractivity contribution >= 4 is 5.69 Å². The summed E-state index contributed by atoms with van der Waals surface area (Å²) < 4.78 is 13.8. The van der Waals surface area contributed by atoms with E-state index in [1.165, 1.54) is 0 Å². The Bertz CT molecular complexity index is 508. The first-order valence-corrected chi connectivity index (χ1v) is 5.41. The number of nitrogen functional groups attached to an aromatic ring is 1. The third kappa shape index (κ3) is 2.41. The van der Waals surface area contributed by atoms with Gasteiger partial charge < -0.3 is 5.73 Å². The van der Waals surface area contributed by atoms with Crippen molar-refractivity contribution < 1.29 is 4.39 Å². The van der Waals surface area contributed by atoms with Gasteiger partial charge in [0.1, 0.15) is 0 Å². The summed E-state index contributed by atoms with van der Waals surface area (Å²) in [5.41, 5.74) is 8.32. The smallest absolute Gasteiger partial charge is 0.182 e. The minimum absolute atomic E-state index is 0.380. The van der Waals surface area contributed by atoms with E-state index in [0.29, 0.717) is 24.5 Å². The largest absolute Gasteiger partial charge is 0.399 e. The molecule has 0 spiro atoms. The van der Waals surface area contributed by atoms with E-state index in [1.807, 2.05) is 25.1 Å². The molecule has 5 nitrogen and oxygen atoms in total. The Morgan fingerprint density at radius 1 is 1.41 bits per heavy atom. The van der Waals surface area contributed by atoms with E-state index in [2.05, 4.69) is 15.5 Å². The van der Waals surface area contributed by atoms with Gasteiger partial charge in [-0.2, -0.15) is 0 Å². The molecule has 0 saturated heterocycles. The average molecular weight is 235 g/mol. The van der Waals surface area contributed by atoms with Crippen molar-refractivity contribution in [2.75, 3.05) is 12.4 Å². The minimum Gasteiger partial charge on any atom is -0.399 e. The van der Waals surface area contributed by atoms with Crippen LogP contribution in [-0.2, 0) is 6.54 Å². The maximum Gasteiger partial charge on any atom is 0.182 e. The summed E-state index contributed by atoms with van der Waals surface area (Å²) in [7, 11) is 0. The molecular weight excluding hydrogens is 221 g/mol. The van der Waals surface area contributed by atoms with Crippen molar-refractivity contribution in [2.45, 2.75) is 19.9 Å². The molecule has 0 fully saturated rings. The summed E-state index contributed by atoms with van der Waals surface area (Å²) in [6.07, 6.45) is 0.402. The Hall–Kier alpha value is -1.98. The highest BCUT2D eigenvalue weighted by Gasteiger charge is 2.11. The molecular formula is C11H14FN5. The number of tetrazole rings is 1. The first kappa shape index (κ1) is 11.5. The Kier molecular flexibility index (Phi) is 3.32. The summed E-state index contributed by atoms with van der Waals surface area (Å²) in [5, 5.41) is 11.4. The molecule has 0 aliphatic carbocycles. The normalized spacial score (nSPS) is 10.7. The van der Waals surface area contributed by atoms with Crippen molar-refractivity contribution in [1.82, 2.24) is 20.2 Å². The predicted octanol–water partition coefficient (Wildman–Crippen LogP) is 1.59. The lowest BCUT2D eigenvalue weighted by Gasteiger charge is -2.07. The highest BCUT2D eigenvalue weighted by Crippen LogP contribution is 2.23. The molecule has 2 N–H and O–H groups in total. The van der Waals surface area contributed by atoms with Crippen molar-refractivity contribution in [2.24, 2.45) is 0 Å². The van der Waals surface area contributed by atoms with E-state index in [9.17, 15) is 4.39 Å². The zero-order chi connectivity index (χ0) is 12.3. The summed E-state index contributed by atoms with van der Waals surface area (Å²) in [6.45, 7) is 2.05. The molecule has 0 unspecified atom stereocenters. The standard InChI is InChI=1S/C11H14FN5/c1-8-3-4-9(13)7-10(8)11-14-15-16-17(11)6-2-5-12/h3-4,7H,2,5-6,13H2,1H3. The number of halogens is 1. The fourth-order valence-corrected chi connectivity index (χ4v) is 1.64. The molecule has 1 heterocycles. The third-order valence-electron chi connectivity index (χ3n) is 2.54. The molecule has 0 aliphatic rings. The predicted molar refractivity (Wildman–Crippen MR) is 63.0 cm³/mol. The van der Waals surface area contributed by atoms with Crippen LogP contribution in [0.1, 0.15) is 12.0 Å². The zero-order valence-electron chi connectivity index (χ0n) is 9.60. The first-order chi connectivity index (χ1) is 8.22. The lowest BCUT2D eigenvalue weighted by atomic mass is 10.1. The maximum absolute atomic E-state index is 12.2. The van der Waals surface area contributed by atoms with Gasteiger partial charge >= 0.3 is 0 Å². The average Bonchev–Trinajstić information content (AvgIpc) is 2.77. The quantitative estimate of drug-likeness (QED) is 0.817. The molecule has 0 bridgehead atoms. The summed E-state index contributed by atoms with van der Waals surface area (Å²) in [4.78, 5) is 0. The van der Waals surface area contributed by atoms with Crippen LogP contribution in [0.2, 0.25) is 0 Å². The van der Waals surface area contributed by atoms with Gasteiger partial charge in [0.25, 0.3) is 0 Å². The van der Waals surface area contributed by atoms with E-state index in [0.717, 1.165) is 11.1 Å². The maximum atomic E-state index is 12.2. The van der Waals surface area contributed by atoms with Crippen molar-refractivity contribution in [3.05, 3.63) is 23.8 Å². The third-order valence-corrected chi connectivity index (χ3v) is 2.54. The molecule has 90 valence electrons. The van der Waals surface area contributed by atoms with Crippen LogP contribution in [0.15, 0.2) is 18.2 Å². The number of anilines is 1. The Balaban J connectivity index is 2.38. The lowest BCUT2D eigenvalue weighted by molar-refractivity contribution is 0.432. The fraction of sp³-hybridized carbons (Fsp3) is 0.364. The molecule has 2 aromatic rings. The van der Waals surface area contributed by atoms with Crippen LogP contribution < -0.4 is 5.73 Å². The molecule has 2 rings (SSSR count). The molecule has 0 aliphatic heterocycles. The van der Waals surface area contributed by atoms with Gasteiger partial charge in [0.05, 0.1) is 6.67 Å². The number of alkyl halides is 1. The Labute approximate surface area is 98.4 Å². The number of nitrogens with two attached hydrogens (primary N) is 1. The van der Waals surface area contributed by atoms with Gasteiger partial charge in [-0.15, -0.1) is 5.10 Å². The summed E-state index contributed by atoms with van der Waals surface area (Å²) >= 11 is 0. The van der Waals surface area contributed by atoms with Crippen LogP contribution in [0.25, 0.3) is 11.4 Å². The van der Waals surface area contributed by atoms with E-state index >= 15 is 0 Å². The molecule has 0 saturated carbocycles. The molecule has 1 aromatic carbocycles. The van der Waals surface area contributed by atoms with Crippen LogP contribution in [0.3, 0.4) is 0 Å². The van der Waals surface area contributed by atoms with Gasteiger partial charge in [-0.25, -0.2) is 4.68 Å². The van der Waals surface area contributed by atoms with Gasteiger partial charge in [0.2, 0.25) is 0 Å². The zero-order valence-corrected chi connectivity index (χ0v) is 9.60. The molecule has 1 aromatic heterocycles. The van der Waals surface area contributed by atoms with Crippen molar-refractivity contribution in [3.8, 4) is 11.4 Å². The summed E-state index contributed by atoms with van der Waals surface area (Å²) in [6, 6.07) is 5.57. The molecule has 0 amide bonds. The summed E-state index contributed by atoms with van der Waals surface area (Å²) in [5.74, 6) is 0.628. The monoisotopic (exact) mass is 235 g/mol. The molecule has 0 radical (unpaired) electrons. The van der Waals surface area contributed by atoms with Crippen LogP contribution in [-0.4, -0.2) is 26.9 Å². The number of nitrogens with zero attached hydrogens (tertiary/aromatic N) is 4. The molecule has 0 atom stereocenters. The molecule has 6 heteroatoms. The Morgan fingerprint density at radius 3 is 3.00 bits per heavy atom. The van der Waals surface area contributed by atoms with E-state index < -0.39 is 0 Å². The van der Waals surface area contributed by atoms with Crippen molar-refractivity contribution in [1.29, 1.82) is 0 Å². The second-order valence-corrected chi connectivity index (χ2v) is 3.84. The minimum atomic E-state index is -0.380. The van der Waals surface area contributed by atoms with E-state index in [4.69, 9.17) is 5.73 Å². The van der Waals surface area contributed by atoms with Crippen LogP contribution in [0.4, 0.5) is 10.1 Å². The van der Waals surface area contributed by atoms with Gasteiger partial charge in [-0.3, -0.25) is 4.39 Å². The van der Waals surface area contributed by atoms with E-state index in [1.54, 1.807) is 4.68 Å². The number of aromatic nitrogens is 4. The van der Waals surface area contributed by atoms with Gasteiger partial charge in [0.15, 0.2) is 5.82 Å². The fourth-order valence-electron chi connectivity index (χ4n) is 1.64. The SMILES string of the molecule is Cc1ccc(N)cc1-c1nnnn1CCCF. The number of hydrogen-bond acceptors (Lipinski definition) is 4. The van der Waals surface area contributed by atoms with Crippen molar-refractivity contribution in [3.63, 3.8) is 0 Å². The highest BCUT2D eigenvalue weighted by molar-refractivity contribution is 5.65. The lowest BCUT2D eigenvalue weighted by Crippen LogP contribution is -2.04. The number of benzene rings is 1. The van der Waals surface area contributed by atoms with Gasteiger partial charge in [0, 0.05) is 17.8 Å². The Morgan fingerprint density at radius 2 is 2.24 bits per heavy atom.